The van der Waals surface area contributed by atoms with Crippen LogP contribution in [0.3, 0.4) is 0 Å². The number of aryl methyl sites for hydroxylation is 2. The molecule has 1 saturated heterocycles. The van der Waals surface area contributed by atoms with E-state index in [1.165, 1.54) is 23.3 Å². The topological polar surface area (TPSA) is 55.0 Å². The van der Waals surface area contributed by atoms with Gasteiger partial charge in [0.1, 0.15) is 16.5 Å². The summed E-state index contributed by atoms with van der Waals surface area (Å²) in [6, 6.07) is 0. The van der Waals surface area contributed by atoms with E-state index < -0.39 is 0 Å². The zero-order valence-electron chi connectivity index (χ0n) is 13.4. The second-order valence-corrected chi connectivity index (χ2v) is 8.13. The van der Waals surface area contributed by atoms with Crippen LogP contribution in [0.5, 0.6) is 0 Å². The van der Waals surface area contributed by atoms with E-state index >= 15 is 0 Å². The molecule has 0 aliphatic carbocycles. The van der Waals surface area contributed by atoms with E-state index in [9.17, 15) is 0 Å². The van der Waals surface area contributed by atoms with Gasteiger partial charge in [-0.2, -0.15) is 0 Å². The molecule has 1 fully saturated rings. The van der Waals surface area contributed by atoms with Gasteiger partial charge in [0.25, 0.3) is 0 Å². The Morgan fingerprint density at radius 3 is 2.52 bits per heavy atom. The van der Waals surface area contributed by atoms with Gasteiger partial charge in [0.15, 0.2) is 0 Å². The Labute approximate surface area is 130 Å². The Kier molecular flexibility index (Phi) is 3.66. The molecule has 3 heterocycles. The number of nitrogen functional groups attached to an aromatic ring is 1. The molecule has 2 aromatic rings. The average Bonchev–Trinajstić information content (AvgIpc) is 2.68. The standard InChI is InChI=1S/C16H24N4S/c1-10-11(2)21-15-13(10)14(17)18-12(19-15)9-20-7-5-16(3,4)6-8-20/h5-9H2,1-4H3,(H2,17,18,19). The van der Waals surface area contributed by atoms with Gasteiger partial charge in [0.05, 0.1) is 11.9 Å². The number of thiophene rings is 1. The molecule has 3 rings (SSSR count). The van der Waals surface area contributed by atoms with Crippen LogP contribution < -0.4 is 5.73 Å². The highest BCUT2D eigenvalue weighted by Crippen LogP contribution is 2.33. The number of nitrogens with zero attached hydrogens (tertiary/aromatic N) is 3. The number of nitrogens with two attached hydrogens (primary N) is 1. The first-order valence-corrected chi connectivity index (χ1v) is 8.42. The Balaban J connectivity index is 1.82. The first-order valence-electron chi connectivity index (χ1n) is 7.60. The van der Waals surface area contributed by atoms with Gasteiger partial charge < -0.3 is 5.73 Å². The first kappa shape index (κ1) is 14.7. The summed E-state index contributed by atoms with van der Waals surface area (Å²) >= 11 is 1.72. The summed E-state index contributed by atoms with van der Waals surface area (Å²) in [4.78, 5) is 14.0. The summed E-state index contributed by atoms with van der Waals surface area (Å²) in [7, 11) is 0. The van der Waals surface area contributed by atoms with E-state index in [0.29, 0.717) is 11.2 Å². The lowest BCUT2D eigenvalue weighted by molar-refractivity contribution is 0.125. The summed E-state index contributed by atoms with van der Waals surface area (Å²) in [5, 5.41) is 1.04. The molecule has 0 saturated carbocycles. The molecule has 0 aromatic carbocycles. The van der Waals surface area contributed by atoms with E-state index in [4.69, 9.17) is 10.7 Å². The van der Waals surface area contributed by atoms with Crippen molar-refractivity contribution in [1.82, 2.24) is 14.9 Å². The lowest BCUT2D eigenvalue weighted by Gasteiger charge is -2.36. The first-order chi connectivity index (χ1) is 9.85. The Morgan fingerprint density at radius 2 is 1.86 bits per heavy atom. The van der Waals surface area contributed by atoms with Crippen molar-refractivity contribution in [3.8, 4) is 0 Å². The van der Waals surface area contributed by atoms with Gasteiger partial charge in [0, 0.05) is 4.88 Å². The summed E-state index contributed by atoms with van der Waals surface area (Å²) in [6.45, 7) is 12.0. The van der Waals surface area contributed by atoms with Crippen LogP contribution >= 0.6 is 11.3 Å². The maximum atomic E-state index is 6.16. The van der Waals surface area contributed by atoms with Gasteiger partial charge in [-0.15, -0.1) is 11.3 Å². The number of likely N-dealkylation sites (tertiary alicyclic amines) is 1. The van der Waals surface area contributed by atoms with Crippen molar-refractivity contribution in [3.05, 3.63) is 16.3 Å². The number of anilines is 1. The third kappa shape index (κ3) is 2.90. The largest absolute Gasteiger partial charge is 0.383 e. The lowest BCUT2D eigenvalue weighted by Crippen LogP contribution is -2.37. The number of hydrogen-bond donors (Lipinski definition) is 1. The zero-order valence-corrected chi connectivity index (χ0v) is 14.2. The predicted octanol–water partition coefficient (Wildman–Crippen LogP) is 3.51. The molecule has 21 heavy (non-hydrogen) atoms. The van der Waals surface area contributed by atoms with Crippen LogP contribution in [0.2, 0.25) is 0 Å². The van der Waals surface area contributed by atoms with Gasteiger partial charge in [0.2, 0.25) is 0 Å². The fourth-order valence-corrected chi connectivity index (χ4v) is 3.97. The van der Waals surface area contributed by atoms with Crippen LogP contribution in [0, 0.1) is 19.3 Å². The SMILES string of the molecule is Cc1sc2nc(CN3CCC(C)(C)CC3)nc(N)c2c1C. The normalized spacial score (nSPS) is 19.2. The Morgan fingerprint density at radius 1 is 1.19 bits per heavy atom. The second kappa shape index (κ2) is 5.21. The molecule has 4 nitrogen and oxygen atoms in total. The van der Waals surface area contributed by atoms with Crippen LogP contribution in [0.15, 0.2) is 0 Å². The maximum Gasteiger partial charge on any atom is 0.146 e. The molecule has 0 amide bonds. The molecular weight excluding hydrogens is 280 g/mol. The highest BCUT2D eigenvalue weighted by molar-refractivity contribution is 7.18. The molecule has 0 radical (unpaired) electrons. The molecule has 5 heteroatoms. The third-order valence-corrected chi connectivity index (χ3v) is 5.78. The van der Waals surface area contributed by atoms with E-state index in [1.807, 2.05) is 0 Å². The smallest absolute Gasteiger partial charge is 0.146 e. The average molecular weight is 304 g/mol. The molecule has 0 unspecified atom stereocenters. The van der Waals surface area contributed by atoms with Gasteiger partial charge in [-0.05, 0) is 50.8 Å². The maximum absolute atomic E-state index is 6.16. The van der Waals surface area contributed by atoms with Crippen molar-refractivity contribution in [3.63, 3.8) is 0 Å². The van der Waals surface area contributed by atoms with Crippen LogP contribution in [0.25, 0.3) is 10.2 Å². The van der Waals surface area contributed by atoms with Gasteiger partial charge in [-0.3, -0.25) is 4.90 Å². The molecule has 114 valence electrons. The second-order valence-electron chi connectivity index (χ2n) is 6.93. The fourth-order valence-electron chi connectivity index (χ4n) is 2.91. The molecule has 0 spiro atoms. The molecule has 1 aliphatic heterocycles. The predicted molar refractivity (Wildman–Crippen MR) is 89.6 cm³/mol. The van der Waals surface area contributed by atoms with Crippen molar-refractivity contribution >= 4 is 27.4 Å². The van der Waals surface area contributed by atoms with E-state index in [2.05, 4.69) is 37.6 Å². The van der Waals surface area contributed by atoms with Crippen molar-refractivity contribution in [2.45, 2.75) is 47.1 Å². The zero-order chi connectivity index (χ0) is 15.2. The number of rotatable bonds is 2. The minimum atomic E-state index is 0.475. The molecule has 0 atom stereocenters. The summed E-state index contributed by atoms with van der Waals surface area (Å²) in [5.74, 6) is 1.50. The van der Waals surface area contributed by atoms with Crippen molar-refractivity contribution in [1.29, 1.82) is 0 Å². The minimum Gasteiger partial charge on any atom is -0.383 e. The molecule has 2 N–H and O–H groups in total. The third-order valence-electron chi connectivity index (χ3n) is 4.68. The van der Waals surface area contributed by atoms with Gasteiger partial charge in [-0.25, -0.2) is 9.97 Å². The van der Waals surface area contributed by atoms with Crippen LogP contribution in [-0.4, -0.2) is 28.0 Å². The monoisotopic (exact) mass is 304 g/mol. The number of aromatic nitrogens is 2. The number of hydrogen-bond acceptors (Lipinski definition) is 5. The minimum absolute atomic E-state index is 0.475. The summed E-state index contributed by atoms with van der Waals surface area (Å²) < 4.78 is 0. The van der Waals surface area contributed by atoms with Crippen molar-refractivity contribution < 1.29 is 0 Å². The van der Waals surface area contributed by atoms with Crippen LogP contribution in [-0.2, 0) is 6.54 Å². The van der Waals surface area contributed by atoms with E-state index in [1.54, 1.807) is 11.3 Å². The lowest BCUT2D eigenvalue weighted by atomic mass is 9.83. The Hall–Kier alpha value is -1.20. The number of fused-ring (bicyclic) bond motifs is 1. The molecule has 0 bridgehead atoms. The van der Waals surface area contributed by atoms with Crippen molar-refractivity contribution in [2.75, 3.05) is 18.8 Å². The Bertz CT molecular complexity index is 664. The summed E-state index contributed by atoms with van der Waals surface area (Å²) in [6.07, 6.45) is 2.48. The van der Waals surface area contributed by atoms with Gasteiger partial charge >= 0.3 is 0 Å². The van der Waals surface area contributed by atoms with Crippen molar-refractivity contribution in [2.24, 2.45) is 5.41 Å². The van der Waals surface area contributed by atoms with Gasteiger partial charge in [-0.1, -0.05) is 13.8 Å². The summed E-state index contributed by atoms with van der Waals surface area (Å²) in [5.41, 5.74) is 7.85. The van der Waals surface area contributed by atoms with E-state index in [-0.39, 0.29) is 0 Å². The van der Waals surface area contributed by atoms with Crippen LogP contribution in [0.1, 0.15) is 43.0 Å². The quantitative estimate of drug-likeness (QED) is 0.922. The molecule has 1 aliphatic rings. The fraction of sp³-hybridized carbons (Fsp3) is 0.625. The highest BCUT2D eigenvalue weighted by Gasteiger charge is 2.26. The highest BCUT2D eigenvalue weighted by atomic mass is 32.1. The number of piperidine rings is 1. The van der Waals surface area contributed by atoms with Crippen LogP contribution in [0.4, 0.5) is 5.82 Å². The van der Waals surface area contributed by atoms with E-state index in [0.717, 1.165) is 35.7 Å². The molecule has 2 aromatic heterocycles. The molecular formula is C16H24N4S.